The molecule has 0 N–H and O–H groups in total. The number of halogens is 4. The molecule has 0 aliphatic rings. The molecule has 46 heavy (non-hydrogen) atoms. The number of aromatic nitrogens is 1. The van der Waals surface area contributed by atoms with Crippen LogP contribution in [-0.2, 0) is 16.2 Å². The van der Waals surface area contributed by atoms with Crippen LogP contribution in [0.2, 0.25) is 0 Å². The quantitative estimate of drug-likeness (QED) is 0.0561. The summed E-state index contributed by atoms with van der Waals surface area (Å²) in [5, 5.41) is 8.42. The van der Waals surface area contributed by atoms with Crippen molar-refractivity contribution in [3.63, 3.8) is 0 Å². The van der Waals surface area contributed by atoms with E-state index in [1.54, 1.807) is 12.1 Å². The zero-order valence-corrected chi connectivity index (χ0v) is 26.5. The molecule has 1 heterocycles. The summed E-state index contributed by atoms with van der Waals surface area (Å²) in [5.41, 5.74) is 4.16. The molecule has 4 aromatic carbocycles. The molecule has 0 saturated carbocycles. The minimum atomic E-state index is -4.35. The van der Waals surface area contributed by atoms with E-state index in [0.717, 1.165) is 65.0 Å². The van der Waals surface area contributed by atoms with E-state index < -0.39 is 24.9 Å². The topological polar surface area (TPSA) is 52.8 Å². The molecule has 0 spiro atoms. The number of oxime groups is 1. The number of unbranched alkanes of at least 4 members (excludes halogenated alkanes) is 1. The van der Waals surface area contributed by atoms with Crippen molar-refractivity contribution in [1.29, 1.82) is 0 Å². The van der Waals surface area contributed by atoms with Gasteiger partial charge >= 0.3 is 18.3 Å². The third-order valence-electron chi connectivity index (χ3n) is 8.47. The normalized spacial score (nSPS) is 13.2. The summed E-state index contributed by atoms with van der Waals surface area (Å²) < 4.78 is 61.1. The predicted octanol–water partition coefficient (Wildman–Crippen LogP) is 10.1. The first kappa shape index (κ1) is 33.0. The van der Waals surface area contributed by atoms with Crippen LogP contribution in [-0.4, -0.2) is 35.2 Å². The number of aryl methyl sites for hydroxylation is 1. The molecule has 0 aliphatic carbocycles. The van der Waals surface area contributed by atoms with E-state index in [1.807, 2.05) is 30.3 Å². The highest BCUT2D eigenvalue weighted by atomic mass is 19.3. The molecule has 5 aromatic rings. The second-order valence-electron chi connectivity index (χ2n) is 11.8. The standard InChI is InChI=1S/C37H38F4N2O3/c1-5-7-12-25(6-2)21-43-32-18-17-26(20-30(32)31-19-23(3)27-13-8-9-14-28(27)35(31)43)34(42-46-24(4)44)29-15-10-11-16-33(29)45-22-37(40,41)36(38)39/h8-11,13-20,25,36H,5-7,12,21-22H2,1-4H3/b42-34+. The van der Waals surface area contributed by atoms with Gasteiger partial charge in [0.25, 0.3) is 0 Å². The number of carbonyl (C=O) groups is 1. The van der Waals surface area contributed by atoms with Gasteiger partial charge in [-0.25, -0.2) is 13.6 Å². The number of hydrogen-bond acceptors (Lipinski definition) is 4. The second kappa shape index (κ2) is 13.9. The molecule has 1 aromatic heterocycles. The maximum absolute atomic E-state index is 13.8. The van der Waals surface area contributed by atoms with Crippen molar-refractivity contribution in [1.82, 2.24) is 4.57 Å². The van der Waals surface area contributed by atoms with Crippen LogP contribution in [0.4, 0.5) is 17.6 Å². The van der Waals surface area contributed by atoms with Gasteiger partial charge < -0.3 is 14.1 Å². The van der Waals surface area contributed by atoms with Crippen molar-refractivity contribution in [2.24, 2.45) is 11.1 Å². The van der Waals surface area contributed by atoms with Crippen molar-refractivity contribution in [2.45, 2.75) is 72.3 Å². The zero-order valence-electron chi connectivity index (χ0n) is 26.5. The van der Waals surface area contributed by atoms with E-state index in [4.69, 9.17) is 9.57 Å². The highest BCUT2D eigenvalue weighted by molar-refractivity contribution is 6.21. The van der Waals surface area contributed by atoms with Gasteiger partial charge in [0, 0.05) is 46.3 Å². The van der Waals surface area contributed by atoms with Crippen LogP contribution in [0.3, 0.4) is 0 Å². The lowest BCUT2D eigenvalue weighted by Crippen LogP contribution is -2.34. The molecule has 0 bridgehead atoms. The first-order valence-electron chi connectivity index (χ1n) is 15.6. The van der Waals surface area contributed by atoms with Gasteiger partial charge in [-0.15, -0.1) is 0 Å². The lowest BCUT2D eigenvalue weighted by Gasteiger charge is -2.19. The van der Waals surface area contributed by atoms with E-state index in [2.05, 4.69) is 48.7 Å². The largest absolute Gasteiger partial charge is 0.486 e. The average Bonchev–Trinajstić information content (AvgIpc) is 3.34. The highest BCUT2D eigenvalue weighted by Crippen LogP contribution is 2.38. The number of nitrogens with zero attached hydrogens (tertiary/aromatic N) is 2. The minimum Gasteiger partial charge on any atom is -0.486 e. The molecule has 1 atom stereocenters. The number of ether oxygens (including phenoxy) is 1. The Morgan fingerprint density at radius 3 is 2.35 bits per heavy atom. The van der Waals surface area contributed by atoms with Gasteiger partial charge in [-0.2, -0.15) is 8.78 Å². The van der Waals surface area contributed by atoms with Crippen LogP contribution in [0, 0.1) is 12.8 Å². The molecule has 242 valence electrons. The summed E-state index contributed by atoms with van der Waals surface area (Å²) in [6.07, 6.45) is 0.563. The molecule has 9 heteroatoms. The zero-order chi connectivity index (χ0) is 33.0. The van der Waals surface area contributed by atoms with E-state index in [9.17, 15) is 22.4 Å². The van der Waals surface area contributed by atoms with Gasteiger partial charge in [0.15, 0.2) is 6.61 Å². The number of hydrogen-bond donors (Lipinski definition) is 0. The van der Waals surface area contributed by atoms with Gasteiger partial charge in [-0.05, 0) is 60.5 Å². The third kappa shape index (κ3) is 6.73. The molecule has 0 amide bonds. The van der Waals surface area contributed by atoms with Gasteiger partial charge in [0.05, 0.1) is 5.52 Å². The maximum Gasteiger partial charge on any atom is 0.340 e. The molecule has 0 saturated heterocycles. The summed E-state index contributed by atoms with van der Waals surface area (Å²) in [5.74, 6) is -4.65. The van der Waals surface area contributed by atoms with Crippen LogP contribution in [0.5, 0.6) is 5.75 Å². The lowest BCUT2D eigenvalue weighted by molar-refractivity contribution is -0.148. The Morgan fingerprint density at radius 2 is 1.65 bits per heavy atom. The van der Waals surface area contributed by atoms with Crippen LogP contribution < -0.4 is 4.74 Å². The monoisotopic (exact) mass is 634 g/mol. The van der Waals surface area contributed by atoms with Crippen molar-refractivity contribution in [2.75, 3.05) is 6.61 Å². The summed E-state index contributed by atoms with van der Waals surface area (Å²) >= 11 is 0. The van der Waals surface area contributed by atoms with E-state index in [0.29, 0.717) is 11.5 Å². The summed E-state index contributed by atoms with van der Waals surface area (Å²) in [6.45, 7) is 7.02. The van der Waals surface area contributed by atoms with Crippen LogP contribution in [0.25, 0.3) is 32.6 Å². The van der Waals surface area contributed by atoms with Crippen molar-refractivity contribution in [3.05, 3.63) is 89.5 Å². The Labute approximate surface area is 265 Å². The van der Waals surface area contributed by atoms with E-state index in [1.165, 1.54) is 24.4 Å². The van der Waals surface area contributed by atoms with Gasteiger partial charge in [0.1, 0.15) is 11.5 Å². The molecule has 5 rings (SSSR count). The van der Waals surface area contributed by atoms with Crippen LogP contribution >= 0.6 is 0 Å². The molecule has 1 unspecified atom stereocenters. The van der Waals surface area contributed by atoms with E-state index >= 15 is 0 Å². The van der Waals surface area contributed by atoms with Gasteiger partial charge in [-0.3, -0.25) is 0 Å². The van der Waals surface area contributed by atoms with Crippen molar-refractivity contribution >= 4 is 44.3 Å². The van der Waals surface area contributed by atoms with Crippen LogP contribution in [0.15, 0.2) is 78.0 Å². The maximum atomic E-state index is 13.8. The molecule has 0 aliphatic heterocycles. The number of rotatable bonds is 13. The number of benzene rings is 4. The Hall–Kier alpha value is -4.40. The fourth-order valence-electron chi connectivity index (χ4n) is 6.05. The minimum absolute atomic E-state index is 0.0974. The third-order valence-corrected chi connectivity index (χ3v) is 8.47. The number of carbonyl (C=O) groups excluding carboxylic acids is 1. The van der Waals surface area contributed by atoms with Crippen molar-refractivity contribution < 1.29 is 31.9 Å². The average molecular weight is 635 g/mol. The fourth-order valence-corrected chi connectivity index (χ4v) is 6.05. The summed E-state index contributed by atoms with van der Waals surface area (Å²) in [4.78, 5) is 16.9. The molecule has 0 radical (unpaired) electrons. The highest BCUT2D eigenvalue weighted by Gasteiger charge is 2.42. The smallest absolute Gasteiger partial charge is 0.340 e. The Kier molecular flexibility index (Phi) is 9.99. The lowest BCUT2D eigenvalue weighted by atomic mass is 9.98. The fraction of sp³-hybridized carbons (Fsp3) is 0.351. The molecular formula is C37H38F4N2O3. The molecule has 5 nitrogen and oxygen atoms in total. The summed E-state index contributed by atoms with van der Waals surface area (Å²) in [6, 6.07) is 22.4. The predicted molar refractivity (Wildman–Crippen MR) is 175 cm³/mol. The van der Waals surface area contributed by atoms with E-state index in [-0.39, 0.29) is 17.0 Å². The van der Waals surface area contributed by atoms with Gasteiger partial charge in [-0.1, -0.05) is 80.7 Å². The Morgan fingerprint density at radius 1 is 0.935 bits per heavy atom. The first-order chi connectivity index (χ1) is 22.1. The number of fused-ring (bicyclic) bond motifs is 5. The SMILES string of the molecule is CCCCC(CC)Cn1c2ccc(/C(=N\OC(C)=O)c3ccccc3OCC(F)(F)C(F)F)cc2c2cc(C)c3ccccc3c21. The van der Waals surface area contributed by atoms with Crippen molar-refractivity contribution in [3.8, 4) is 5.75 Å². The van der Waals surface area contributed by atoms with Crippen LogP contribution in [0.1, 0.15) is 63.1 Å². The Bertz CT molecular complexity index is 1900. The molecular weight excluding hydrogens is 596 g/mol. The Balaban J connectivity index is 1.71. The van der Waals surface area contributed by atoms with Gasteiger partial charge in [0.2, 0.25) is 0 Å². The number of alkyl halides is 4. The second-order valence-corrected chi connectivity index (χ2v) is 11.8. The first-order valence-corrected chi connectivity index (χ1v) is 15.6. The molecule has 0 fully saturated rings. The summed E-state index contributed by atoms with van der Waals surface area (Å²) in [7, 11) is 0. The number of para-hydroxylation sites is 1.